The molecule has 0 aliphatic heterocycles. The molecule has 1 aliphatic rings. The van der Waals surface area contributed by atoms with E-state index in [9.17, 15) is 4.79 Å². The van der Waals surface area contributed by atoms with Gasteiger partial charge in [0.2, 0.25) is 0 Å². The van der Waals surface area contributed by atoms with Crippen LogP contribution in [-0.2, 0) is 0 Å². The summed E-state index contributed by atoms with van der Waals surface area (Å²) < 4.78 is 0. The van der Waals surface area contributed by atoms with Crippen LogP contribution in [0.15, 0.2) is 23.1 Å². The molecule has 0 heterocycles. The summed E-state index contributed by atoms with van der Waals surface area (Å²) in [6, 6.07) is 6.43. The minimum atomic E-state index is 0.122. The lowest BCUT2D eigenvalue weighted by atomic mass is 9.90. The molecule has 1 amide bonds. The van der Waals surface area contributed by atoms with E-state index in [0.29, 0.717) is 19.0 Å². The van der Waals surface area contributed by atoms with Gasteiger partial charge < -0.3 is 10.0 Å². The number of aliphatic hydroxyl groups excluding tert-OH is 1. The maximum absolute atomic E-state index is 12.8. The molecule has 1 N–H and O–H groups in total. The second kappa shape index (κ2) is 7.14. The monoisotopic (exact) mass is 293 g/mol. The minimum absolute atomic E-state index is 0.122. The van der Waals surface area contributed by atoms with Gasteiger partial charge in [0.25, 0.3) is 5.91 Å². The molecule has 0 saturated heterocycles. The Labute approximate surface area is 125 Å². The van der Waals surface area contributed by atoms with Crippen LogP contribution in [0.25, 0.3) is 0 Å². The Morgan fingerprint density at radius 2 is 2.20 bits per heavy atom. The van der Waals surface area contributed by atoms with Gasteiger partial charge in [-0.25, -0.2) is 0 Å². The third-order valence-electron chi connectivity index (χ3n) is 4.01. The SMILES string of the molecule is CSc1ccc(C)c(C(=O)N(CCCO)C2CCC2)c1. The average molecular weight is 293 g/mol. The molecular formula is C16H23NO2S. The summed E-state index contributed by atoms with van der Waals surface area (Å²) in [5.41, 5.74) is 1.84. The van der Waals surface area contributed by atoms with Crippen LogP contribution in [0.5, 0.6) is 0 Å². The number of benzene rings is 1. The molecule has 0 unspecified atom stereocenters. The minimum Gasteiger partial charge on any atom is -0.396 e. The fraction of sp³-hybridized carbons (Fsp3) is 0.562. The molecular weight excluding hydrogens is 270 g/mol. The fourth-order valence-electron chi connectivity index (χ4n) is 2.50. The number of nitrogens with zero attached hydrogens (tertiary/aromatic N) is 1. The van der Waals surface area contributed by atoms with Gasteiger partial charge in [0, 0.05) is 29.7 Å². The summed E-state index contributed by atoms with van der Waals surface area (Å²) in [4.78, 5) is 15.9. The van der Waals surface area contributed by atoms with E-state index in [-0.39, 0.29) is 12.5 Å². The van der Waals surface area contributed by atoms with Crippen LogP contribution >= 0.6 is 11.8 Å². The molecule has 1 aliphatic carbocycles. The van der Waals surface area contributed by atoms with Crippen LogP contribution < -0.4 is 0 Å². The molecule has 0 bridgehead atoms. The lowest BCUT2D eigenvalue weighted by Gasteiger charge is -2.38. The molecule has 1 fully saturated rings. The Balaban J connectivity index is 2.21. The number of thioether (sulfide) groups is 1. The Morgan fingerprint density at radius 3 is 2.75 bits per heavy atom. The van der Waals surface area contributed by atoms with E-state index in [0.717, 1.165) is 28.9 Å². The average Bonchev–Trinajstić information content (AvgIpc) is 2.41. The van der Waals surface area contributed by atoms with E-state index in [4.69, 9.17) is 5.11 Å². The zero-order chi connectivity index (χ0) is 14.5. The van der Waals surface area contributed by atoms with E-state index in [1.54, 1.807) is 11.8 Å². The quantitative estimate of drug-likeness (QED) is 0.819. The molecule has 0 spiro atoms. The number of carbonyl (C=O) groups is 1. The summed E-state index contributed by atoms with van der Waals surface area (Å²) in [6.45, 7) is 2.78. The second-order valence-corrected chi connectivity index (χ2v) is 6.22. The highest BCUT2D eigenvalue weighted by molar-refractivity contribution is 7.98. The zero-order valence-electron chi connectivity index (χ0n) is 12.3. The number of amides is 1. The second-order valence-electron chi connectivity index (χ2n) is 5.34. The molecule has 0 atom stereocenters. The van der Waals surface area contributed by atoms with Gasteiger partial charge in [0.1, 0.15) is 0 Å². The number of hydrogen-bond donors (Lipinski definition) is 1. The van der Waals surface area contributed by atoms with E-state index < -0.39 is 0 Å². The van der Waals surface area contributed by atoms with Crippen molar-refractivity contribution >= 4 is 17.7 Å². The van der Waals surface area contributed by atoms with Crippen LogP contribution in [0, 0.1) is 6.92 Å². The first-order valence-corrected chi connectivity index (χ1v) is 8.46. The Morgan fingerprint density at radius 1 is 1.45 bits per heavy atom. The molecule has 0 aromatic heterocycles. The van der Waals surface area contributed by atoms with Crippen molar-refractivity contribution in [3.63, 3.8) is 0 Å². The third-order valence-corrected chi connectivity index (χ3v) is 4.73. The van der Waals surface area contributed by atoms with Crippen molar-refractivity contribution < 1.29 is 9.90 Å². The smallest absolute Gasteiger partial charge is 0.254 e. The van der Waals surface area contributed by atoms with E-state index in [1.807, 2.05) is 30.2 Å². The molecule has 2 rings (SSSR count). The fourth-order valence-corrected chi connectivity index (χ4v) is 2.94. The number of hydrogen-bond acceptors (Lipinski definition) is 3. The van der Waals surface area contributed by atoms with Gasteiger partial charge in [-0.2, -0.15) is 0 Å². The molecule has 1 aromatic carbocycles. The predicted octanol–water partition coefficient (Wildman–Crippen LogP) is 3.09. The number of rotatable bonds is 6. The highest BCUT2D eigenvalue weighted by Gasteiger charge is 2.29. The Hall–Kier alpha value is -1.00. The third kappa shape index (κ3) is 3.36. The van der Waals surface area contributed by atoms with Crippen molar-refractivity contribution in [1.82, 2.24) is 4.90 Å². The maximum atomic E-state index is 12.8. The van der Waals surface area contributed by atoms with Crippen LogP contribution in [0.2, 0.25) is 0 Å². The number of aliphatic hydroxyl groups is 1. The molecule has 110 valence electrons. The Kier molecular flexibility index (Phi) is 5.49. The lowest BCUT2D eigenvalue weighted by molar-refractivity contribution is 0.0561. The van der Waals surface area contributed by atoms with Crippen LogP contribution in [0.4, 0.5) is 0 Å². The van der Waals surface area contributed by atoms with Crippen molar-refractivity contribution in [3.05, 3.63) is 29.3 Å². The molecule has 20 heavy (non-hydrogen) atoms. The molecule has 4 heteroatoms. The van der Waals surface area contributed by atoms with Gasteiger partial charge in [-0.05, 0) is 56.6 Å². The molecule has 1 aromatic rings. The number of aryl methyl sites for hydroxylation is 1. The first-order chi connectivity index (χ1) is 9.67. The summed E-state index contributed by atoms with van der Waals surface area (Å²) in [7, 11) is 0. The summed E-state index contributed by atoms with van der Waals surface area (Å²) in [5, 5.41) is 9.04. The van der Waals surface area contributed by atoms with E-state index >= 15 is 0 Å². The van der Waals surface area contributed by atoms with Crippen LogP contribution in [0.3, 0.4) is 0 Å². The normalized spacial score (nSPS) is 14.9. The lowest BCUT2D eigenvalue weighted by Crippen LogP contribution is -2.45. The Bertz CT molecular complexity index is 472. The van der Waals surface area contributed by atoms with Gasteiger partial charge in [-0.15, -0.1) is 11.8 Å². The molecule has 3 nitrogen and oxygen atoms in total. The van der Waals surface area contributed by atoms with Gasteiger partial charge in [-0.1, -0.05) is 6.07 Å². The van der Waals surface area contributed by atoms with E-state index in [2.05, 4.69) is 6.07 Å². The van der Waals surface area contributed by atoms with Crippen molar-refractivity contribution in [2.75, 3.05) is 19.4 Å². The van der Waals surface area contributed by atoms with Crippen LogP contribution in [-0.4, -0.2) is 41.4 Å². The van der Waals surface area contributed by atoms with Gasteiger partial charge in [-0.3, -0.25) is 4.79 Å². The zero-order valence-corrected chi connectivity index (χ0v) is 13.1. The van der Waals surface area contributed by atoms with Crippen molar-refractivity contribution in [2.45, 2.75) is 43.5 Å². The molecule has 0 radical (unpaired) electrons. The summed E-state index contributed by atoms with van der Waals surface area (Å²) in [6.07, 6.45) is 6.08. The van der Waals surface area contributed by atoms with Crippen molar-refractivity contribution in [2.24, 2.45) is 0 Å². The number of carbonyl (C=O) groups excluding carboxylic acids is 1. The highest BCUT2D eigenvalue weighted by atomic mass is 32.2. The predicted molar refractivity (Wildman–Crippen MR) is 83.3 cm³/mol. The topological polar surface area (TPSA) is 40.5 Å². The molecule has 1 saturated carbocycles. The highest BCUT2D eigenvalue weighted by Crippen LogP contribution is 2.28. The van der Waals surface area contributed by atoms with Crippen molar-refractivity contribution in [3.8, 4) is 0 Å². The summed E-state index contributed by atoms with van der Waals surface area (Å²) >= 11 is 1.66. The first kappa shape index (κ1) is 15.4. The van der Waals surface area contributed by atoms with Gasteiger partial charge in [0.15, 0.2) is 0 Å². The van der Waals surface area contributed by atoms with Crippen molar-refractivity contribution in [1.29, 1.82) is 0 Å². The standard InChI is InChI=1S/C16H23NO2S/c1-12-7-8-14(20-2)11-15(12)16(19)17(9-4-10-18)13-5-3-6-13/h7-8,11,13,18H,3-6,9-10H2,1-2H3. The van der Waals surface area contributed by atoms with E-state index in [1.165, 1.54) is 6.42 Å². The first-order valence-electron chi connectivity index (χ1n) is 7.24. The maximum Gasteiger partial charge on any atom is 0.254 e. The van der Waals surface area contributed by atoms with Gasteiger partial charge >= 0.3 is 0 Å². The largest absolute Gasteiger partial charge is 0.396 e. The van der Waals surface area contributed by atoms with Crippen LogP contribution in [0.1, 0.15) is 41.6 Å². The van der Waals surface area contributed by atoms with Gasteiger partial charge in [0.05, 0.1) is 0 Å². The summed E-state index contributed by atoms with van der Waals surface area (Å²) in [5.74, 6) is 0.122.